The van der Waals surface area contributed by atoms with Gasteiger partial charge in [-0.15, -0.1) is 0 Å². The summed E-state index contributed by atoms with van der Waals surface area (Å²) in [7, 11) is -1.98. The Morgan fingerprint density at radius 1 is 1.09 bits per heavy atom. The number of carbonyl (C=O) groups excluding carboxylic acids is 1. The monoisotopic (exact) mass is 648 g/mol. The van der Waals surface area contributed by atoms with Crippen molar-refractivity contribution in [3.05, 3.63) is 60.2 Å². The van der Waals surface area contributed by atoms with Crippen LogP contribution in [0.2, 0.25) is 0 Å². The normalized spacial score (nSPS) is 16.3. The molecule has 1 spiro atoms. The SMILES string of the molecule is CC(C)NCCOc1ncc(-c2cc3c4c(cnc3cc2F)N(C)C(=O)C42CN(c3ccc4c(c3)OCO4)C2)cc1NS(C)(=O)=O. The standard InChI is InChI=1S/C32H33FN6O6S/c1-18(2)34-7-8-43-30-25(37-46(4,41)42)9-19(13-36-30)21-11-22-24(12-23(21)33)35-14-26-29(22)32(31(40)38(26)3)15-39(16-32)20-5-6-27-28(10-20)45-17-44-27/h5-6,9-14,18,34,37H,7-8,15-17H2,1-4H3. The van der Waals surface area contributed by atoms with Gasteiger partial charge in [0.15, 0.2) is 11.5 Å². The number of nitrogens with one attached hydrogen (secondary N) is 2. The number of carbonyl (C=O) groups is 1. The first-order valence-electron chi connectivity index (χ1n) is 14.8. The quantitative estimate of drug-likeness (QED) is 0.259. The molecule has 0 bridgehead atoms. The van der Waals surface area contributed by atoms with Crippen LogP contribution in [0.4, 0.5) is 21.5 Å². The van der Waals surface area contributed by atoms with E-state index in [9.17, 15) is 13.2 Å². The largest absolute Gasteiger partial charge is 0.475 e. The molecular formula is C32H33FN6O6S. The van der Waals surface area contributed by atoms with Crippen LogP contribution in [0.5, 0.6) is 17.4 Å². The third-order valence-corrected chi connectivity index (χ3v) is 9.08. The van der Waals surface area contributed by atoms with Crippen molar-refractivity contribution in [2.45, 2.75) is 25.3 Å². The Balaban J connectivity index is 1.27. The van der Waals surface area contributed by atoms with Crippen LogP contribution in [0.3, 0.4) is 0 Å². The molecule has 12 nitrogen and oxygen atoms in total. The molecule has 2 aromatic heterocycles. The summed E-state index contributed by atoms with van der Waals surface area (Å²) in [5.74, 6) is 0.788. The Bertz CT molecular complexity index is 2000. The number of likely N-dealkylation sites (N-methyl/N-ethyl adjacent to an activating group) is 1. The molecule has 3 aliphatic heterocycles. The number of anilines is 3. The first-order chi connectivity index (χ1) is 21.9. The van der Waals surface area contributed by atoms with E-state index in [4.69, 9.17) is 14.2 Å². The van der Waals surface area contributed by atoms with E-state index in [0.717, 1.165) is 17.5 Å². The van der Waals surface area contributed by atoms with Gasteiger partial charge in [-0.3, -0.25) is 14.5 Å². The number of rotatable bonds is 9. The molecule has 3 aliphatic rings. The van der Waals surface area contributed by atoms with Gasteiger partial charge in [0.25, 0.3) is 0 Å². The maximum absolute atomic E-state index is 15.7. The average molecular weight is 649 g/mol. The summed E-state index contributed by atoms with van der Waals surface area (Å²) in [6.07, 6.45) is 4.08. The van der Waals surface area contributed by atoms with Crippen molar-refractivity contribution in [2.24, 2.45) is 0 Å². The van der Waals surface area contributed by atoms with Crippen LogP contribution in [0.15, 0.2) is 48.8 Å². The molecule has 0 radical (unpaired) electrons. The second kappa shape index (κ2) is 11.0. The zero-order chi connectivity index (χ0) is 32.4. The Morgan fingerprint density at radius 3 is 2.63 bits per heavy atom. The van der Waals surface area contributed by atoms with Crippen LogP contribution in [0, 0.1) is 5.82 Å². The molecule has 2 aromatic carbocycles. The zero-order valence-electron chi connectivity index (χ0n) is 25.8. The molecule has 0 saturated carbocycles. The number of hydrogen-bond acceptors (Lipinski definition) is 10. The molecule has 7 rings (SSSR count). The number of aromatic nitrogens is 2. The summed E-state index contributed by atoms with van der Waals surface area (Å²) in [6, 6.07) is 10.4. The van der Waals surface area contributed by atoms with E-state index in [0.29, 0.717) is 53.3 Å². The molecule has 46 heavy (non-hydrogen) atoms. The molecule has 4 aromatic rings. The number of benzene rings is 2. The molecule has 14 heteroatoms. The number of sulfonamides is 1. The molecule has 1 saturated heterocycles. The van der Waals surface area contributed by atoms with Gasteiger partial charge in [-0.1, -0.05) is 13.8 Å². The van der Waals surface area contributed by atoms with Crippen molar-refractivity contribution in [1.82, 2.24) is 15.3 Å². The summed E-state index contributed by atoms with van der Waals surface area (Å²) in [5.41, 5.74) is 2.50. The highest BCUT2D eigenvalue weighted by molar-refractivity contribution is 7.92. The van der Waals surface area contributed by atoms with Crippen molar-refractivity contribution >= 4 is 43.9 Å². The molecule has 5 heterocycles. The molecule has 2 N–H and O–H groups in total. The number of pyridine rings is 2. The number of amides is 1. The van der Waals surface area contributed by atoms with Crippen LogP contribution >= 0.6 is 0 Å². The Morgan fingerprint density at radius 2 is 1.87 bits per heavy atom. The van der Waals surface area contributed by atoms with Crippen LogP contribution < -0.4 is 34.0 Å². The van der Waals surface area contributed by atoms with Crippen LogP contribution in [0.25, 0.3) is 22.0 Å². The second-order valence-electron chi connectivity index (χ2n) is 12.1. The number of halogens is 1. The molecular weight excluding hydrogens is 615 g/mol. The van der Waals surface area contributed by atoms with Crippen molar-refractivity contribution in [2.75, 3.05) is 60.9 Å². The van der Waals surface area contributed by atoms with E-state index in [1.54, 1.807) is 24.2 Å². The fraction of sp³-hybridized carbons (Fsp3) is 0.344. The van der Waals surface area contributed by atoms with Crippen molar-refractivity contribution in [3.8, 4) is 28.5 Å². The van der Waals surface area contributed by atoms with Crippen LogP contribution in [0.1, 0.15) is 19.4 Å². The fourth-order valence-electron chi connectivity index (χ4n) is 6.36. The van der Waals surface area contributed by atoms with Crippen LogP contribution in [-0.4, -0.2) is 76.7 Å². The maximum atomic E-state index is 15.7. The van der Waals surface area contributed by atoms with Gasteiger partial charge in [-0.05, 0) is 24.3 Å². The Labute approximate surface area is 265 Å². The second-order valence-corrected chi connectivity index (χ2v) is 13.9. The van der Waals surface area contributed by atoms with Crippen molar-refractivity contribution in [1.29, 1.82) is 0 Å². The summed E-state index contributed by atoms with van der Waals surface area (Å²) in [4.78, 5) is 26.4. The lowest BCUT2D eigenvalue weighted by molar-refractivity contribution is -0.123. The van der Waals surface area contributed by atoms with Gasteiger partial charge in [-0.25, -0.2) is 17.8 Å². The van der Waals surface area contributed by atoms with Gasteiger partial charge in [-0.2, -0.15) is 0 Å². The van der Waals surface area contributed by atoms with E-state index in [1.165, 1.54) is 18.3 Å². The highest BCUT2D eigenvalue weighted by atomic mass is 32.2. The lowest BCUT2D eigenvalue weighted by Gasteiger charge is -2.48. The molecule has 0 unspecified atom stereocenters. The van der Waals surface area contributed by atoms with Gasteiger partial charge >= 0.3 is 0 Å². The number of nitrogens with zero attached hydrogens (tertiary/aromatic N) is 4. The number of ether oxygens (including phenoxy) is 3. The van der Waals surface area contributed by atoms with Gasteiger partial charge in [0, 0.05) is 78.8 Å². The average Bonchev–Trinajstić information content (AvgIpc) is 3.54. The highest BCUT2D eigenvalue weighted by Gasteiger charge is 2.58. The number of hydrogen-bond donors (Lipinski definition) is 2. The van der Waals surface area contributed by atoms with E-state index < -0.39 is 21.3 Å². The van der Waals surface area contributed by atoms with E-state index >= 15 is 4.39 Å². The molecule has 0 aliphatic carbocycles. The predicted octanol–water partition coefficient (Wildman–Crippen LogP) is 3.65. The maximum Gasteiger partial charge on any atom is 0.241 e. The zero-order valence-corrected chi connectivity index (χ0v) is 26.6. The third kappa shape index (κ3) is 5.10. The summed E-state index contributed by atoms with van der Waals surface area (Å²) < 4.78 is 59.3. The topological polar surface area (TPSA) is 135 Å². The summed E-state index contributed by atoms with van der Waals surface area (Å²) >= 11 is 0. The van der Waals surface area contributed by atoms with Crippen molar-refractivity contribution in [3.63, 3.8) is 0 Å². The van der Waals surface area contributed by atoms with Gasteiger partial charge < -0.3 is 29.3 Å². The lowest BCUT2D eigenvalue weighted by Crippen LogP contribution is -2.64. The Kier molecular flexibility index (Phi) is 7.16. The third-order valence-electron chi connectivity index (χ3n) is 8.48. The first kappa shape index (κ1) is 30.0. The van der Waals surface area contributed by atoms with Gasteiger partial charge in [0.05, 0.1) is 23.7 Å². The number of fused-ring (bicyclic) bond motifs is 5. The first-order valence-corrected chi connectivity index (χ1v) is 16.7. The lowest BCUT2D eigenvalue weighted by atomic mass is 9.73. The van der Waals surface area contributed by atoms with Gasteiger partial charge in [0.2, 0.25) is 28.6 Å². The minimum Gasteiger partial charge on any atom is -0.475 e. The smallest absolute Gasteiger partial charge is 0.241 e. The molecule has 1 amide bonds. The van der Waals surface area contributed by atoms with E-state index in [2.05, 4.69) is 24.9 Å². The molecule has 240 valence electrons. The van der Waals surface area contributed by atoms with E-state index in [-0.39, 0.29) is 42.5 Å². The highest BCUT2D eigenvalue weighted by Crippen LogP contribution is 2.51. The molecule has 1 fully saturated rings. The van der Waals surface area contributed by atoms with E-state index in [1.807, 2.05) is 32.0 Å². The van der Waals surface area contributed by atoms with Gasteiger partial charge in [0.1, 0.15) is 23.5 Å². The predicted molar refractivity (Wildman–Crippen MR) is 172 cm³/mol. The minimum atomic E-state index is -3.70. The Hall–Kier alpha value is -4.69. The fourth-order valence-corrected chi connectivity index (χ4v) is 6.91. The van der Waals surface area contributed by atoms with Crippen LogP contribution in [-0.2, 0) is 20.2 Å². The minimum absolute atomic E-state index is 0.0607. The summed E-state index contributed by atoms with van der Waals surface area (Å²) in [6.45, 7) is 5.78. The molecule has 0 atom stereocenters. The summed E-state index contributed by atoms with van der Waals surface area (Å²) in [5, 5.41) is 3.86. The van der Waals surface area contributed by atoms with Crippen molar-refractivity contribution < 1.29 is 31.8 Å².